The molecule has 0 N–H and O–H groups in total. The molecule has 0 radical (unpaired) electrons. The van der Waals surface area contributed by atoms with Gasteiger partial charge >= 0.3 is 0 Å². The molecule has 2 aromatic carbocycles. The summed E-state index contributed by atoms with van der Waals surface area (Å²) < 4.78 is 6.13. The van der Waals surface area contributed by atoms with Gasteiger partial charge in [0, 0.05) is 17.7 Å². The molecule has 0 atom stereocenters. The Morgan fingerprint density at radius 3 is 2.18 bits per heavy atom. The molecular formula is C25H35NO2. The Morgan fingerprint density at radius 1 is 0.893 bits per heavy atom. The number of hydrogen-bond acceptors (Lipinski definition) is 3. The third-order valence-electron chi connectivity index (χ3n) is 5.01. The van der Waals surface area contributed by atoms with E-state index in [1.54, 1.807) is 0 Å². The molecule has 28 heavy (non-hydrogen) atoms. The van der Waals surface area contributed by atoms with E-state index in [4.69, 9.17) is 4.74 Å². The van der Waals surface area contributed by atoms with Crippen molar-refractivity contribution in [2.24, 2.45) is 0 Å². The minimum absolute atomic E-state index is 0.542. The van der Waals surface area contributed by atoms with Crippen LogP contribution in [0.15, 0.2) is 48.5 Å². The van der Waals surface area contributed by atoms with Crippen LogP contribution in [0.2, 0.25) is 0 Å². The third kappa shape index (κ3) is 7.85. The Labute approximate surface area is 170 Å². The van der Waals surface area contributed by atoms with Crippen LogP contribution >= 0.6 is 0 Å². The van der Waals surface area contributed by atoms with E-state index in [0.29, 0.717) is 12.2 Å². The number of benzene rings is 2. The summed E-state index contributed by atoms with van der Waals surface area (Å²) in [6.45, 7) is 8.05. The number of hydrogen-bond donors (Lipinski definition) is 0. The van der Waals surface area contributed by atoms with Crippen LogP contribution in [0.25, 0.3) is 0 Å². The Kier molecular flexibility index (Phi) is 10.4. The first-order valence-electron chi connectivity index (χ1n) is 10.7. The average Bonchev–Trinajstić information content (AvgIpc) is 2.73. The molecule has 0 aromatic heterocycles. The SMILES string of the molecule is CCCCCN(CCCCC)Cc1cc(C=O)ccc1OCc1ccccc1. The van der Waals surface area contributed by atoms with Gasteiger partial charge in [0.05, 0.1) is 0 Å². The zero-order valence-electron chi connectivity index (χ0n) is 17.5. The van der Waals surface area contributed by atoms with Gasteiger partial charge in [-0.1, -0.05) is 69.9 Å². The van der Waals surface area contributed by atoms with Crippen molar-refractivity contribution in [3.8, 4) is 5.75 Å². The fraction of sp³-hybridized carbons (Fsp3) is 0.480. The lowest BCUT2D eigenvalue weighted by molar-refractivity contribution is 0.112. The lowest BCUT2D eigenvalue weighted by Gasteiger charge is -2.24. The first-order valence-corrected chi connectivity index (χ1v) is 10.7. The van der Waals surface area contributed by atoms with Crippen molar-refractivity contribution in [2.75, 3.05) is 13.1 Å². The van der Waals surface area contributed by atoms with Gasteiger partial charge in [-0.25, -0.2) is 0 Å². The molecule has 0 fully saturated rings. The molecule has 3 heteroatoms. The average molecular weight is 382 g/mol. The molecule has 2 rings (SSSR count). The van der Waals surface area contributed by atoms with Crippen molar-refractivity contribution in [1.29, 1.82) is 0 Å². The minimum atomic E-state index is 0.542. The molecule has 2 aromatic rings. The summed E-state index contributed by atoms with van der Waals surface area (Å²) >= 11 is 0. The van der Waals surface area contributed by atoms with E-state index in [9.17, 15) is 4.79 Å². The van der Waals surface area contributed by atoms with Crippen LogP contribution in [0.1, 0.15) is 73.9 Å². The van der Waals surface area contributed by atoms with Gasteiger partial charge in [0.25, 0.3) is 0 Å². The summed E-state index contributed by atoms with van der Waals surface area (Å²) in [6.07, 6.45) is 8.34. The maximum atomic E-state index is 11.3. The first kappa shape index (κ1) is 22.2. The van der Waals surface area contributed by atoms with Gasteiger partial charge < -0.3 is 4.74 Å². The maximum absolute atomic E-state index is 11.3. The second kappa shape index (κ2) is 13.1. The fourth-order valence-corrected chi connectivity index (χ4v) is 3.35. The predicted octanol–water partition coefficient (Wildman–Crippen LogP) is 6.26. The van der Waals surface area contributed by atoms with Gasteiger partial charge in [0.15, 0.2) is 0 Å². The van der Waals surface area contributed by atoms with Crippen molar-refractivity contribution >= 4 is 6.29 Å². The van der Waals surface area contributed by atoms with Crippen LogP contribution in [0, 0.1) is 0 Å². The zero-order valence-corrected chi connectivity index (χ0v) is 17.5. The van der Waals surface area contributed by atoms with E-state index in [1.165, 1.54) is 38.5 Å². The molecule has 3 nitrogen and oxygen atoms in total. The second-order valence-corrected chi connectivity index (χ2v) is 7.45. The van der Waals surface area contributed by atoms with Crippen LogP contribution in [-0.2, 0) is 13.2 Å². The maximum Gasteiger partial charge on any atom is 0.150 e. The van der Waals surface area contributed by atoms with Crippen LogP contribution in [-0.4, -0.2) is 24.3 Å². The normalized spacial score (nSPS) is 11.0. The highest BCUT2D eigenvalue weighted by molar-refractivity contribution is 5.75. The van der Waals surface area contributed by atoms with Gasteiger partial charge in [0.2, 0.25) is 0 Å². The quantitative estimate of drug-likeness (QED) is 0.286. The highest BCUT2D eigenvalue weighted by atomic mass is 16.5. The van der Waals surface area contributed by atoms with E-state index in [1.807, 2.05) is 36.4 Å². The first-order chi connectivity index (χ1) is 13.8. The van der Waals surface area contributed by atoms with Crippen LogP contribution in [0.5, 0.6) is 5.75 Å². The van der Waals surface area contributed by atoms with Crippen LogP contribution in [0.3, 0.4) is 0 Å². The standard InChI is InChI=1S/C25H35NO2/c1-3-5-10-16-26(17-11-6-4-2)19-24-18-23(20-27)14-15-25(24)28-21-22-12-8-7-9-13-22/h7-9,12-15,18,20H,3-6,10-11,16-17,19,21H2,1-2H3. The zero-order chi connectivity index (χ0) is 20.0. The van der Waals surface area contributed by atoms with Gasteiger partial charge in [-0.2, -0.15) is 0 Å². The van der Waals surface area contributed by atoms with E-state index >= 15 is 0 Å². The monoisotopic (exact) mass is 381 g/mol. The number of carbonyl (C=O) groups excluding carboxylic acids is 1. The summed E-state index contributed by atoms with van der Waals surface area (Å²) in [4.78, 5) is 13.8. The second-order valence-electron chi connectivity index (χ2n) is 7.45. The van der Waals surface area contributed by atoms with E-state index in [0.717, 1.165) is 42.8 Å². The van der Waals surface area contributed by atoms with Crippen LogP contribution in [0.4, 0.5) is 0 Å². The predicted molar refractivity (Wildman–Crippen MR) is 117 cm³/mol. The molecule has 0 aliphatic carbocycles. The third-order valence-corrected chi connectivity index (χ3v) is 5.01. The van der Waals surface area contributed by atoms with Crippen molar-refractivity contribution < 1.29 is 9.53 Å². The van der Waals surface area contributed by atoms with Crippen molar-refractivity contribution in [3.63, 3.8) is 0 Å². The Balaban J connectivity index is 2.10. The molecule has 152 valence electrons. The Morgan fingerprint density at radius 2 is 1.57 bits per heavy atom. The smallest absolute Gasteiger partial charge is 0.150 e. The molecule has 0 bridgehead atoms. The van der Waals surface area contributed by atoms with E-state index < -0.39 is 0 Å². The van der Waals surface area contributed by atoms with Crippen molar-refractivity contribution in [3.05, 3.63) is 65.2 Å². The van der Waals surface area contributed by atoms with Gasteiger partial charge in [0.1, 0.15) is 18.6 Å². The highest BCUT2D eigenvalue weighted by Gasteiger charge is 2.12. The fourth-order valence-electron chi connectivity index (χ4n) is 3.35. The Hall–Kier alpha value is -2.13. The van der Waals surface area contributed by atoms with E-state index in [-0.39, 0.29) is 0 Å². The lowest BCUT2D eigenvalue weighted by Crippen LogP contribution is -2.26. The van der Waals surface area contributed by atoms with E-state index in [2.05, 4.69) is 30.9 Å². The van der Waals surface area contributed by atoms with Crippen molar-refractivity contribution in [1.82, 2.24) is 4.90 Å². The van der Waals surface area contributed by atoms with Gasteiger partial charge in [-0.15, -0.1) is 0 Å². The molecule has 0 spiro atoms. The molecular weight excluding hydrogens is 346 g/mol. The molecule has 0 unspecified atom stereocenters. The molecule has 0 saturated heterocycles. The number of rotatable bonds is 14. The number of unbranched alkanes of at least 4 members (excludes halogenated alkanes) is 4. The summed E-state index contributed by atoms with van der Waals surface area (Å²) in [5, 5.41) is 0. The summed E-state index contributed by atoms with van der Waals surface area (Å²) in [5.74, 6) is 0.880. The van der Waals surface area contributed by atoms with Crippen LogP contribution < -0.4 is 4.74 Å². The Bertz CT molecular complexity index is 674. The van der Waals surface area contributed by atoms with Crippen molar-refractivity contribution in [2.45, 2.75) is 65.5 Å². The highest BCUT2D eigenvalue weighted by Crippen LogP contribution is 2.23. The summed E-state index contributed by atoms with van der Waals surface area (Å²) in [5.41, 5.74) is 2.97. The molecule has 0 saturated carbocycles. The van der Waals surface area contributed by atoms with Gasteiger partial charge in [-0.3, -0.25) is 9.69 Å². The van der Waals surface area contributed by atoms with Gasteiger partial charge in [-0.05, 0) is 49.7 Å². The summed E-state index contributed by atoms with van der Waals surface area (Å²) in [7, 11) is 0. The topological polar surface area (TPSA) is 29.5 Å². The number of nitrogens with zero attached hydrogens (tertiary/aromatic N) is 1. The molecule has 0 heterocycles. The summed E-state index contributed by atoms with van der Waals surface area (Å²) in [6, 6.07) is 16.0. The minimum Gasteiger partial charge on any atom is -0.489 e. The lowest BCUT2D eigenvalue weighted by atomic mass is 10.1. The molecule has 0 amide bonds. The number of ether oxygens (including phenoxy) is 1. The molecule has 0 aliphatic heterocycles. The number of aldehydes is 1. The largest absolute Gasteiger partial charge is 0.489 e. The molecule has 0 aliphatic rings. The number of carbonyl (C=O) groups is 1.